The molecule has 1 aliphatic heterocycles. The number of nitro benzene ring substituents is 1. The summed E-state index contributed by atoms with van der Waals surface area (Å²) in [6, 6.07) is 5.11. The average molecular weight is 423 g/mol. The fourth-order valence-electron chi connectivity index (χ4n) is 2.80. The molecule has 11 nitrogen and oxygen atoms in total. The molecule has 0 unspecified atom stereocenters. The molecule has 1 aromatic carbocycles. The lowest BCUT2D eigenvalue weighted by Gasteiger charge is -2.14. The Morgan fingerprint density at radius 3 is 2.62 bits per heavy atom. The number of aromatic amines is 1. The number of H-pyrrole nitrogens is 1. The maximum Gasteiger partial charge on any atom is 0.330 e. The molecule has 2 aromatic rings. The van der Waals surface area contributed by atoms with Crippen LogP contribution in [0.15, 0.2) is 50.4 Å². The Balaban J connectivity index is 1.83. The second kappa shape index (κ2) is 8.61. The van der Waals surface area contributed by atoms with Crippen LogP contribution in [0.25, 0.3) is 6.08 Å². The van der Waals surface area contributed by atoms with Gasteiger partial charge in [0.25, 0.3) is 11.2 Å². The summed E-state index contributed by atoms with van der Waals surface area (Å²) in [6.45, 7) is -0.420. The summed E-state index contributed by atoms with van der Waals surface area (Å²) >= 11 is 0. The van der Waals surface area contributed by atoms with Crippen LogP contribution in [0, 0.1) is 10.1 Å². The molecule has 1 saturated heterocycles. The van der Waals surface area contributed by atoms with E-state index >= 15 is 0 Å². The van der Waals surface area contributed by atoms with Gasteiger partial charge in [0.2, 0.25) is 0 Å². The van der Waals surface area contributed by atoms with Crippen LogP contribution in [0.2, 0.25) is 0 Å². The van der Waals surface area contributed by atoms with E-state index in [1.165, 1.54) is 41.9 Å². The summed E-state index contributed by atoms with van der Waals surface area (Å²) < 4.78 is 18.8. The van der Waals surface area contributed by atoms with Crippen LogP contribution in [0.1, 0.15) is 18.2 Å². The van der Waals surface area contributed by atoms with Crippen molar-refractivity contribution in [2.24, 2.45) is 0 Å². The number of non-ortho nitro benzene ring substituents is 1. The number of nitro groups is 1. The van der Waals surface area contributed by atoms with E-state index in [4.69, 9.17) is 9.84 Å². The van der Waals surface area contributed by atoms with Crippen molar-refractivity contribution in [3.63, 3.8) is 0 Å². The maximum atomic E-state index is 12.3. The van der Waals surface area contributed by atoms with Crippen LogP contribution >= 0.6 is 0 Å². The van der Waals surface area contributed by atoms with Crippen molar-refractivity contribution in [1.29, 1.82) is 0 Å². The quantitative estimate of drug-likeness (QED) is 0.427. The fraction of sp³-hybridized carbons (Fsp3) is 0.294. The maximum absolute atomic E-state index is 12.3. The monoisotopic (exact) mass is 423 g/mol. The standard InChI is InChI=1S/C17H17N3O8S/c21-9-14-13(22)7-15(28-14)19-8-10(16(23)18-17(19)24)5-6-29(27)12-3-1-11(2-4-12)20(25)26/h1-6,8,13-15,21-22H,7,9H2,(H,18,23,24)/b6-5+/t13-,14+,15+,29+/m0/s1. The Bertz CT molecular complexity index is 1080. The normalized spacial score (nSPS) is 22.8. The molecule has 1 aliphatic rings. The first kappa shape index (κ1) is 20.8. The largest absolute Gasteiger partial charge is 0.394 e. The summed E-state index contributed by atoms with van der Waals surface area (Å²) in [6.07, 6.45) is -0.165. The van der Waals surface area contributed by atoms with E-state index in [0.29, 0.717) is 4.90 Å². The molecule has 12 heteroatoms. The van der Waals surface area contributed by atoms with E-state index < -0.39 is 52.0 Å². The Hall–Kier alpha value is -2.93. The molecule has 29 heavy (non-hydrogen) atoms. The molecular formula is C17H17N3O8S. The van der Waals surface area contributed by atoms with Gasteiger partial charge in [0, 0.05) is 35.1 Å². The van der Waals surface area contributed by atoms with Crippen molar-refractivity contribution >= 4 is 22.6 Å². The van der Waals surface area contributed by atoms with E-state index in [9.17, 15) is 29.0 Å². The van der Waals surface area contributed by atoms with Gasteiger partial charge < -0.3 is 14.9 Å². The summed E-state index contributed by atoms with van der Waals surface area (Å²) in [4.78, 5) is 36.6. The number of rotatable bonds is 6. The highest BCUT2D eigenvalue weighted by molar-refractivity contribution is 7.88. The molecule has 0 aliphatic carbocycles. The topological polar surface area (TPSA) is 165 Å². The van der Waals surface area contributed by atoms with Gasteiger partial charge in [-0.2, -0.15) is 0 Å². The van der Waals surface area contributed by atoms with Gasteiger partial charge in [0.05, 0.1) is 34.0 Å². The molecule has 1 fully saturated rings. The molecule has 0 radical (unpaired) electrons. The number of aromatic nitrogens is 2. The molecule has 154 valence electrons. The number of nitrogens with zero attached hydrogens (tertiary/aromatic N) is 2. The molecule has 2 heterocycles. The molecule has 4 atom stereocenters. The van der Waals surface area contributed by atoms with Gasteiger partial charge in [-0.1, -0.05) is 0 Å². The minimum absolute atomic E-state index is 0.0189. The van der Waals surface area contributed by atoms with Gasteiger partial charge in [-0.15, -0.1) is 0 Å². The van der Waals surface area contributed by atoms with Crippen molar-refractivity contribution in [3.05, 3.63) is 72.4 Å². The zero-order valence-electron chi connectivity index (χ0n) is 14.8. The number of hydrogen-bond acceptors (Lipinski definition) is 8. The van der Waals surface area contributed by atoms with Gasteiger partial charge in [-0.05, 0) is 18.2 Å². The molecule has 0 amide bonds. The van der Waals surface area contributed by atoms with Gasteiger partial charge in [-0.3, -0.25) is 24.5 Å². The number of ether oxygens (including phenoxy) is 1. The van der Waals surface area contributed by atoms with Gasteiger partial charge in [-0.25, -0.2) is 9.00 Å². The van der Waals surface area contributed by atoms with Crippen LogP contribution < -0.4 is 11.2 Å². The first-order chi connectivity index (χ1) is 13.8. The van der Waals surface area contributed by atoms with Gasteiger partial charge in [0.1, 0.15) is 12.3 Å². The third-order valence-electron chi connectivity index (χ3n) is 4.34. The summed E-state index contributed by atoms with van der Waals surface area (Å²) in [5.41, 5.74) is -1.58. The van der Waals surface area contributed by atoms with Crippen molar-refractivity contribution in [2.45, 2.75) is 29.8 Å². The lowest BCUT2D eigenvalue weighted by atomic mass is 10.2. The molecular weight excluding hydrogens is 406 g/mol. The van der Waals surface area contributed by atoms with Gasteiger partial charge in [0.15, 0.2) is 0 Å². The molecule has 0 bridgehead atoms. The third kappa shape index (κ3) is 4.56. The van der Waals surface area contributed by atoms with Crippen LogP contribution in [0.4, 0.5) is 5.69 Å². The highest BCUT2D eigenvalue weighted by atomic mass is 32.2. The first-order valence-electron chi connectivity index (χ1n) is 8.43. The van der Waals surface area contributed by atoms with E-state index in [1.807, 2.05) is 0 Å². The predicted octanol–water partition coefficient (Wildman–Crippen LogP) is -0.136. The summed E-state index contributed by atoms with van der Waals surface area (Å²) in [5, 5.41) is 30.9. The van der Waals surface area contributed by atoms with Crippen molar-refractivity contribution in [1.82, 2.24) is 9.55 Å². The molecule has 0 spiro atoms. The van der Waals surface area contributed by atoms with Crippen LogP contribution in [-0.2, 0) is 15.5 Å². The van der Waals surface area contributed by atoms with Crippen molar-refractivity contribution in [3.8, 4) is 0 Å². The molecule has 3 N–H and O–H groups in total. The molecule has 1 aromatic heterocycles. The molecule has 0 saturated carbocycles. The Morgan fingerprint density at radius 1 is 1.34 bits per heavy atom. The highest BCUT2D eigenvalue weighted by Crippen LogP contribution is 2.27. The second-order valence-electron chi connectivity index (χ2n) is 6.22. The predicted molar refractivity (Wildman–Crippen MR) is 101 cm³/mol. The fourth-order valence-corrected chi connectivity index (χ4v) is 3.63. The van der Waals surface area contributed by atoms with E-state index in [2.05, 4.69) is 4.98 Å². The number of aliphatic hydroxyl groups excluding tert-OH is 2. The third-order valence-corrected chi connectivity index (χ3v) is 5.46. The van der Waals surface area contributed by atoms with E-state index in [1.54, 1.807) is 0 Å². The van der Waals surface area contributed by atoms with Crippen LogP contribution in [0.3, 0.4) is 0 Å². The minimum atomic E-state index is -1.69. The van der Waals surface area contributed by atoms with E-state index in [-0.39, 0.29) is 17.7 Å². The summed E-state index contributed by atoms with van der Waals surface area (Å²) in [7, 11) is -1.69. The second-order valence-corrected chi connectivity index (χ2v) is 7.56. The Kier molecular flexibility index (Phi) is 6.17. The summed E-state index contributed by atoms with van der Waals surface area (Å²) in [5.74, 6) is 0. The number of nitrogens with one attached hydrogen (secondary N) is 1. The zero-order chi connectivity index (χ0) is 21.1. The lowest BCUT2D eigenvalue weighted by Crippen LogP contribution is -2.33. The van der Waals surface area contributed by atoms with Crippen molar-refractivity contribution < 1.29 is 24.1 Å². The van der Waals surface area contributed by atoms with E-state index in [0.717, 1.165) is 4.57 Å². The average Bonchev–Trinajstić information content (AvgIpc) is 3.07. The smallest absolute Gasteiger partial charge is 0.330 e. The SMILES string of the molecule is O=c1[nH]c(=O)n([C@H]2C[C@H](O)[C@@H](CO)O2)cc1/C=C/[S@@](=O)c1ccc([N+](=O)[O-])cc1. The Morgan fingerprint density at radius 2 is 2.03 bits per heavy atom. The number of aliphatic hydroxyl groups is 2. The first-order valence-corrected chi connectivity index (χ1v) is 9.64. The van der Waals surface area contributed by atoms with Crippen molar-refractivity contribution in [2.75, 3.05) is 6.61 Å². The number of benzene rings is 1. The lowest BCUT2D eigenvalue weighted by molar-refractivity contribution is -0.384. The van der Waals surface area contributed by atoms with Crippen LogP contribution in [-0.4, -0.2) is 47.7 Å². The Labute approximate surface area is 165 Å². The van der Waals surface area contributed by atoms with Crippen LogP contribution in [0.5, 0.6) is 0 Å². The zero-order valence-corrected chi connectivity index (χ0v) is 15.7. The number of hydrogen-bond donors (Lipinski definition) is 3. The van der Waals surface area contributed by atoms with Gasteiger partial charge >= 0.3 is 5.69 Å². The highest BCUT2D eigenvalue weighted by Gasteiger charge is 2.35. The molecule has 3 rings (SSSR count). The minimum Gasteiger partial charge on any atom is -0.394 e.